The van der Waals surface area contributed by atoms with Gasteiger partial charge in [-0.2, -0.15) is 0 Å². The molecule has 96 valence electrons. The second kappa shape index (κ2) is 5.04. The van der Waals surface area contributed by atoms with Crippen molar-refractivity contribution in [3.05, 3.63) is 0 Å². The number of ether oxygens (including phenoxy) is 1. The van der Waals surface area contributed by atoms with Crippen LogP contribution in [0.3, 0.4) is 0 Å². The van der Waals surface area contributed by atoms with E-state index in [4.69, 9.17) is 9.84 Å². The van der Waals surface area contributed by atoms with Crippen molar-refractivity contribution in [2.24, 2.45) is 5.92 Å². The van der Waals surface area contributed by atoms with Gasteiger partial charge in [-0.1, -0.05) is 6.42 Å². The Balaban J connectivity index is 1.88. The van der Waals surface area contributed by atoms with Crippen molar-refractivity contribution in [1.29, 1.82) is 0 Å². The van der Waals surface area contributed by atoms with Crippen LogP contribution in [0.1, 0.15) is 39.0 Å². The average molecular weight is 241 g/mol. The third-order valence-electron chi connectivity index (χ3n) is 3.69. The predicted octanol–water partition coefficient (Wildman–Crippen LogP) is 0.923. The first-order valence-corrected chi connectivity index (χ1v) is 6.26. The Labute approximate surface area is 101 Å². The molecule has 2 N–H and O–H groups in total. The number of nitrogens with one attached hydrogen (secondary N) is 1. The number of carbonyl (C=O) groups is 2. The number of carboxylic acid groups (broad SMARTS) is 1. The topological polar surface area (TPSA) is 75.6 Å². The van der Waals surface area contributed by atoms with Gasteiger partial charge in [-0.25, -0.2) is 0 Å². The molecule has 17 heavy (non-hydrogen) atoms. The normalized spacial score (nSPS) is 37.0. The van der Waals surface area contributed by atoms with E-state index in [1.807, 2.05) is 6.92 Å². The van der Waals surface area contributed by atoms with E-state index in [2.05, 4.69) is 5.32 Å². The van der Waals surface area contributed by atoms with Crippen LogP contribution in [-0.2, 0) is 14.3 Å². The summed E-state index contributed by atoms with van der Waals surface area (Å²) in [5, 5.41) is 11.8. The summed E-state index contributed by atoms with van der Waals surface area (Å²) in [6, 6.07) is -0.223. The fourth-order valence-electron chi connectivity index (χ4n) is 2.70. The molecule has 1 heterocycles. The molecule has 0 aromatic heterocycles. The average Bonchev–Trinajstić information content (AvgIpc) is 2.86. The highest BCUT2D eigenvalue weighted by Crippen LogP contribution is 2.27. The molecule has 1 saturated heterocycles. The van der Waals surface area contributed by atoms with Crippen molar-refractivity contribution >= 4 is 11.9 Å². The van der Waals surface area contributed by atoms with Gasteiger partial charge in [0.25, 0.3) is 0 Å². The number of hydrogen-bond acceptors (Lipinski definition) is 3. The maximum absolute atomic E-state index is 11.9. The maximum Gasteiger partial charge on any atom is 0.308 e. The molecule has 2 aliphatic rings. The first-order valence-electron chi connectivity index (χ1n) is 6.26. The SMILES string of the molecule is C[C@@H]1CC[C@H](C(=O)N[C@H]2CCC[C@H]2C(=O)O)O1. The highest BCUT2D eigenvalue weighted by molar-refractivity contribution is 5.82. The molecule has 5 nitrogen and oxygen atoms in total. The molecule has 4 atom stereocenters. The van der Waals surface area contributed by atoms with Crippen molar-refractivity contribution in [3.63, 3.8) is 0 Å². The lowest BCUT2D eigenvalue weighted by molar-refractivity contribution is -0.142. The monoisotopic (exact) mass is 241 g/mol. The van der Waals surface area contributed by atoms with Gasteiger partial charge in [-0.05, 0) is 32.6 Å². The van der Waals surface area contributed by atoms with Crippen LogP contribution in [0.25, 0.3) is 0 Å². The van der Waals surface area contributed by atoms with Gasteiger partial charge in [-0.15, -0.1) is 0 Å². The van der Waals surface area contributed by atoms with E-state index in [1.54, 1.807) is 0 Å². The molecule has 0 spiro atoms. The van der Waals surface area contributed by atoms with E-state index < -0.39 is 11.9 Å². The number of carbonyl (C=O) groups excluding carboxylic acids is 1. The lowest BCUT2D eigenvalue weighted by atomic mass is 10.0. The predicted molar refractivity (Wildman–Crippen MR) is 60.5 cm³/mol. The van der Waals surface area contributed by atoms with Gasteiger partial charge < -0.3 is 15.2 Å². The summed E-state index contributed by atoms with van der Waals surface area (Å²) in [7, 11) is 0. The van der Waals surface area contributed by atoms with Crippen LogP contribution in [0.2, 0.25) is 0 Å². The molecule has 2 rings (SSSR count). The molecule has 0 bridgehead atoms. The van der Waals surface area contributed by atoms with E-state index >= 15 is 0 Å². The van der Waals surface area contributed by atoms with Crippen molar-refractivity contribution in [2.45, 2.75) is 57.3 Å². The Bertz CT molecular complexity index is 318. The van der Waals surface area contributed by atoms with Gasteiger partial charge >= 0.3 is 5.97 Å². The van der Waals surface area contributed by atoms with Crippen LogP contribution in [0, 0.1) is 5.92 Å². The lowest BCUT2D eigenvalue weighted by Crippen LogP contribution is -2.44. The zero-order chi connectivity index (χ0) is 12.4. The standard InChI is InChI=1S/C12H19NO4/c1-7-5-6-10(17-7)11(14)13-9-4-2-3-8(9)12(15)16/h7-10H,2-6H2,1H3,(H,13,14)(H,15,16)/t7-,8-,9+,10-/m1/s1. The van der Waals surface area contributed by atoms with Crippen LogP contribution in [0.15, 0.2) is 0 Å². The van der Waals surface area contributed by atoms with Crippen LogP contribution in [0.5, 0.6) is 0 Å². The molecule has 0 aromatic rings. The number of rotatable bonds is 3. The first kappa shape index (κ1) is 12.4. The number of amides is 1. The molecular weight excluding hydrogens is 222 g/mol. The molecule has 0 radical (unpaired) electrons. The van der Waals surface area contributed by atoms with Gasteiger partial charge in [0.15, 0.2) is 0 Å². The van der Waals surface area contributed by atoms with Crippen molar-refractivity contribution in [2.75, 3.05) is 0 Å². The van der Waals surface area contributed by atoms with Gasteiger partial charge in [0, 0.05) is 6.04 Å². The Morgan fingerprint density at radius 1 is 1.24 bits per heavy atom. The van der Waals surface area contributed by atoms with E-state index in [1.165, 1.54) is 0 Å². The molecule has 1 amide bonds. The Morgan fingerprint density at radius 2 is 2.00 bits per heavy atom. The summed E-state index contributed by atoms with van der Waals surface area (Å²) in [5.74, 6) is -1.39. The fraction of sp³-hybridized carbons (Fsp3) is 0.833. The van der Waals surface area contributed by atoms with Crippen molar-refractivity contribution < 1.29 is 19.4 Å². The second-order valence-electron chi connectivity index (χ2n) is 5.00. The van der Waals surface area contributed by atoms with E-state index in [0.29, 0.717) is 6.42 Å². The highest BCUT2D eigenvalue weighted by Gasteiger charge is 2.36. The molecule has 0 unspecified atom stereocenters. The lowest BCUT2D eigenvalue weighted by Gasteiger charge is -2.20. The number of hydrogen-bond donors (Lipinski definition) is 2. The highest BCUT2D eigenvalue weighted by atomic mass is 16.5. The summed E-state index contributed by atoms with van der Waals surface area (Å²) in [6.45, 7) is 1.95. The molecule has 0 aromatic carbocycles. The van der Waals surface area contributed by atoms with E-state index in [-0.39, 0.29) is 24.2 Å². The summed E-state index contributed by atoms with van der Waals surface area (Å²) in [4.78, 5) is 22.9. The summed E-state index contributed by atoms with van der Waals surface area (Å²) >= 11 is 0. The number of aliphatic carboxylic acids is 1. The fourth-order valence-corrected chi connectivity index (χ4v) is 2.70. The second-order valence-corrected chi connectivity index (χ2v) is 5.00. The van der Waals surface area contributed by atoms with Gasteiger partial charge in [0.2, 0.25) is 5.91 Å². The molecule has 1 aliphatic carbocycles. The Morgan fingerprint density at radius 3 is 2.59 bits per heavy atom. The largest absolute Gasteiger partial charge is 0.481 e. The molecule has 2 fully saturated rings. The van der Waals surface area contributed by atoms with E-state index in [0.717, 1.165) is 25.7 Å². The minimum Gasteiger partial charge on any atom is -0.481 e. The van der Waals surface area contributed by atoms with Gasteiger partial charge in [0.05, 0.1) is 12.0 Å². The quantitative estimate of drug-likeness (QED) is 0.770. The summed E-state index contributed by atoms with van der Waals surface area (Å²) in [5.41, 5.74) is 0. The molecule has 5 heteroatoms. The van der Waals surface area contributed by atoms with Crippen LogP contribution >= 0.6 is 0 Å². The molecular formula is C12H19NO4. The zero-order valence-corrected chi connectivity index (χ0v) is 10.0. The third kappa shape index (κ3) is 2.77. The smallest absolute Gasteiger partial charge is 0.308 e. The first-order chi connectivity index (χ1) is 8.08. The summed E-state index contributed by atoms with van der Waals surface area (Å²) < 4.78 is 5.47. The van der Waals surface area contributed by atoms with E-state index in [9.17, 15) is 9.59 Å². The maximum atomic E-state index is 11.9. The zero-order valence-electron chi connectivity index (χ0n) is 10.0. The van der Waals surface area contributed by atoms with Crippen molar-refractivity contribution in [3.8, 4) is 0 Å². The molecule has 1 saturated carbocycles. The van der Waals surface area contributed by atoms with Gasteiger partial charge in [-0.3, -0.25) is 9.59 Å². The Hall–Kier alpha value is -1.10. The van der Waals surface area contributed by atoms with Crippen molar-refractivity contribution in [1.82, 2.24) is 5.32 Å². The number of carboxylic acids is 1. The minimum absolute atomic E-state index is 0.129. The minimum atomic E-state index is -0.812. The Kier molecular flexibility index (Phi) is 3.66. The van der Waals surface area contributed by atoms with Crippen LogP contribution in [-0.4, -0.2) is 35.2 Å². The summed E-state index contributed by atoms with van der Waals surface area (Å²) in [6.07, 6.45) is 3.64. The van der Waals surface area contributed by atoms with Gasteiger partial charge in [0.1, 0.15) is 6.10 Å². The molecule has 1 aliphatic heterocycles. The third-order valence-corrected chi connectivity index (χ3v) is 3.69. The van der Waals surface area contributed by atoms with Crippen LogP contribution < -0.4 is 5.32 Å². The van der Waals surface area contributed by atoms with Crippen LogP contribution in [0.4, 0.5) is 0 Å².